The van der Waals surface area contributed by atoms with Crippen LogP contribution in [0.3, 0.4) is 0 Å². The predicted octanol–water partition coefficient (Wildman–Crippen LogP) is 3.32. The molecule has 1 aromatic heterocycles. The average molecular weight is 587 g/mol. The Bertz CT molecular complexity index is 1600. The number of halogens is 2. The lowest BCUT2D eigenvalue weighted by molar-refractivity contribution is -0.0209. The van der Waals surface area contributed by atoms with Crippen molar-refractivity contribution in [2.75, 3.05) is 38.7 Å². The average Bonchev–Trinajstić information content (AvgIpc) is 3.16. The van der Waals surface area contributed by atoms with E-state index in [1.807, 2.05) is 29.3 Å². The van der Waals surface area contributed by atoms with Gasteiger partial charge in [-0.25, -0.2) is 13.6 Å². The van der Waals surface area contributed by atoms with E-state index in [1.165, 1.54) is 24.0 Å². The third-order valence-corrected chi connectivity index (χ3v) is 8.32. The number of fused-ring (bicyclic) bond motifs is 4. The molecule has 1 fully saturated rings. The second kappa shape index (κ2) is 10.9. The summed E-state index contributed by atoms with van der Waals surface area (Å²) in [5.41, 5.74) is 1.52. The molecule has 1 N–H and O–H groups in total. The number of pyridine rings is 1. The summed E-state index contributed by atoms with van der Waals surface area (Å²) in [6, 6.07) is 10.9. The highest BCUT2D eigenvalue weighted by Gasteiger charge is 2.46. The number of ether oxygens (including phenoxy) is 4. The highest BCUT2D eigenvalue weighted by Crippen LogP contribution is 2.45. The first-order valence-electron chi connectivity index (χ1n) is 12.6. The van der Waals surface area contributed by atoms with Gasteiger partial charge < -0.3 is 29.1 Å². The zero-order valence-corrected chi connectivity index (χ0v) is 22.5. The molecule has 1 saturated heterocycles. The van der Waals surface area contributed by atoms with Gasteiger partial charge in [0.25, 0.3) is 5.91 Å². The van der Waals surface area contributed by atoms with E-state index >= 15 is 4.39 Å². The number of aromatic nitrogens is 1. The molecule has 6 rings (SSSR count). The fourth-order valence-electron chi connectivity index (χ4n) is 5.39. The number of methoxy groups -OCH3 is 1. The first-order chi connectivity index (χ1) is 19.9. The number of rotatable bonds is 4. The first kappa shape index (κ1) is 26.9. The third-order valence-electron chi connectivity index (χ3n) is 7.20. The Labute approximate surface area is 236 Å². The predicted molar refractivity (Wildman–Crippen MR) is 139 cm³/mol. The van der Waals surface area contributed by atoms with Crippen LogP contribution in [0.1, 0.15) is 33.2 Å². The van der Waals surface area contributed by atoms with Gasteiger partial charge in [0.15, 0.2) is 23.1 Å². The number of morpholine rings is 1. The molecule has 0 aliphatic carbocycles. The Hall–Kier alpha value is -4.30. The van der Waals surface area contributed by atoms with Gasteiger partial charge in [0.05, 0.1) is 26.4 Å². The van der Waals surface area contributed by atoms with Crippen LogP contribution in [0.15, 0.2) is 58.7 Å². The number of nitrogens with zero attached hydrogens (tertiary/aromatic N) is 4. The number of thioether (sulfide) groups is 1. The molecular weight excluding hydrogens is 562 g/mol. The van der Waals surface area contributed by atoms with Gasteiger partial charge in [-0.1, -0.05) is 29.4 Å². The second-order valence-corrected chi connectivity index (χ2v) is 10.3. The molecule has 1 amide bonds. The summed E-state index contributed by atoms with van der Waals surface area (Å²) >= 11 is 1.39. The third kappa shape index (κ3) is 4.52. The monoisotopic (exact) mass is 586 g/mol. The second-order valence-electron chi connectivity index (χ2n) is 9.28. The number of carbonyl (C=O) groups excluding carboxylic acids is 2. The zero-order chi connectivity index (χ0) is 28.7. The first-order valence-corrected chi connectivity index (χ1v) is 13.6. The van der Waals surface area contributed by atoms with E-state index in [0.717, 1.165) is 23.6 Å². The van der Waals surface area contributed by atoms with Crippen molar-refractivity contribution in [1.29, 1.82) is 0 Å². The maximum atomic E-state index is 15.3. The molecule has 0 bridgehead atoms. The van der Waals surface area contributed by atoms with Crippen molar-refractivity contribution in [3.63, 3.8) is 0 Å². The molecule has 3 aliphatic rings. The molecule has 0 spiro atoms. The quantitative estimate of drug-likeness (QED) is 0.213. The van der Waals surface area contributed by atoms with Gasteiger partial charge in [-0.3, -0.25) is 14.5 Å². The molecule has 41 heavy (non-hydrogen) atoms. The van der Waals surface area contributed by atoms with Crippen LogP contribution in [-0.4, -0.2) is 66.7 Å². The maximum Gasteiger partial charge on any atom is 0.510 e. The lowest BCUT2D eigenvalue weighted by atomic mass is 9.93. The fraction of sp³-hybridized carbons (Fsp3) is 0.296. The highest BCUT2D eigenvalue weighted by atomic mass is 32.2. The summed E-state index contributed by atoms with van der Waals surface area (Å²) in [5.74, 6) is -2.28. The minimum Gasteiger partial charge on any atom is -0.452 e. The van der Waals surface area contributed by atoms with Crippen LogP contribution >= 0.6 is 11.8 Å². The number of benzene rings is 2. The summed E-state index contributed by atoms with van der Waals surface area (Å²) in [6.07, 6.45) is -0.126. The minimum atomic E-state index is -1.01. The summed E-state index contributed by atoms with van der Waals surface area (Å²) < 4.78 is 52.1. The van der Waals surface area contributed by atoms with E-state index in [4.69, 9.17) is 14.2 Å². The molecule has 11 nitrogen and oxygen atoms in total. The molecule has 0 saturated carbocycles. The molecule has 4 heterocycles. The van der Waals surface area contributed by atoms with Crippen molar-refractivity contribution < 1.29 is 42.5 Å². The Morgan fingerprint density at radius 3 is 2.83 bits per heavy atom. The van der Waals surface area contributed by atoms with Crippen LogP contribution in [0.2, 0.25) is 0 Å². The zero-order valence-electron chi connectivity index (χ0n) is 21.7. The van der Waals surface area contributed by atoms with Crippen molar-refractivity contribution in [3.8, 4) is 5.75 Å². The Morgan fingerprint density at radius 1 is 1.20 bits per heavy atom. The fourth-order valence-corrected chi connectivity index (χ4v) is 6.51. The molecule has 2 atom stereocenters. The SMILES string of the molecule is COC(=O)OCOc1c2n(cc/c1=N\O)N([C@@H]1c3ccccc3SCc3c1ccc(F)c3F)[C@@H]1COCCN1C2=O. The van der Waals surface area contributed by atoms with Crippen molar-refractivity contribution in [2.24, 2.45) is 5.16 Å². The molecule has 0 unspecified atom stereocenters. The van der Waals surface area contributed by atoms with Crippen molar-refractivity contribution in [2.45, 2.75) is 22.9 Å². The molecule has 3 aliphatic heterocycles. The van der Waals surface area contributed by atoms with Crippen LogP contribution in [0.5, 0.6) is 5.75 Å². The Kier molecular flexibility index (Phi) is 7.17. The highest BCUT2D eigenvalue weighted by molar-refractivity contribution is 7.98. The van der Waals surface area contributed by atoms with Crippen molar-refractivity contribution in [3.05, 3.63) is 88.0 Å². The number of amides is 1. The summed E-state index contributed by atoms with van der Waals surface area (Å²) in [7, 11) is 1.13. The van der Waals surface area contributed by atoms with Gasteiger partial charge in [0.2, 0.25) is 6.79 Å². The lowest BCUT2D eigenvalue weighted by Gasteiger charge is -2.51. The largest absolute Gasteiger partial charge is 0.510 e. The van der Waals surface area contributed by atoms with Gasteiger partial charge >= 0.3 is 6.16 Å². The maximum absolute atomic E-state index is 15.3. The summed E-state index contributed by atoms with van der Waals surface area (Å²) in [6.45, 7) is 0.000682. The summed E-state index contributed by atoms with van der Waals surface area (Å²) in [5, 5.41) is 14.8. The lowest BCUT2D eigenvalue weighted by Crippen LogP contribution is -2.66. The van der Waals surface area contributed by atoms with Crippen molar-refractivity contribution >= 4 is 23.8 Å². The van der Waals surface area contributed by atoms with Gasteiger partial charge in [0.1, 0.15) is 11.5 Å². The smallest absolute Gasteiger partial charge is 0.452 e. The summed E-state index contributed by atoms with van der Waals surface area (Å²) in [4.78, 5) is 27.9. The standard InChI is InChI=1S/C27H24F2N4O7S/c1-37-27(35)40-14-39-25-19(30-36)8-9-32-24(25)26(34)31-10-11-38-12-21(31)33(32)23-15-6-7-18(28)22(29)17(15)13-41-20-5-3-2-4-16(20)23/h2-9,21,23,36H,10-14H2,1H3/b30-19+/t21-,23+/m1/s1. The molecule has 2 aromatic carbocycles. The molecular formula is C27H24F2N4O7S. The van der Waals surface area contributed by atoms with E-state index in [-0.39, 0.29) is 47.9 Å². The minimum absolute atomic E-state index is 0.0227. The van der Waals surface area contributed by atoms with Gasteiger partial charge in [-0.15, -0.1) is 11.8 Å². The van der Waals surface area contributed by atoms with Crippen LogP contribution < -0.4 is 15.1 Å². The van der Waals surface area contributed by atoms with Crippen LogP contribution in [0.25, 0.3) is 0 Å². The Morgan fingerprint density at radius 2 is 2.02 bits per heavy atom. The van der Waals surface area contributed by atoms with Crippen LogP contribution in [0, 0.1) is 11.6 Å². The molecule has 214 valence electrons. The topological polar surface area (TPSA) is 115 Å². The van der Waals surface area contributed by atoms with E-state index in [2.05, 4.69) is 9.89 Å². The molecule has 0 radical (unpaired) electrons. The number of hydrogen-bond acceptors (Lipinski definition) is 10. The van der Waals surface area contributed by atoms with Crippen LogP contribution in [-0.2, 0) is 20.0 Å². The van der Waals surface area contributed by atoms with Gasteiger partial charge in [-0.05, 0) is 29.3 Å². The number of carbonyl (C=O) groups is 2. The van der Waals surface area contributed by atoms with Gasteiger partial charge in [-0.2, -0.15) is 0 Å². The van der Waals surface area contributed by atoms with Crippen molar-refractivity contribution in [1.82, 2.24) is 9.58 Å². The van der Waals surface area contributed by atoms with E-state index in [1.54, 1.807) is 15.6 Å². The molecule has 14 heteroatoms. The van der Waals surface area contributed by atoms with E-state index in [0.29, 0.717) is 5.56 Å². The normalized spacial score (nSPS) is 19.9. The van der Waals surface area contributed by atoms with E-state index < -0.39 is 42.7 Å². The number of hydrogen-bond donors (Lipinski definition) is 1. The van der Waals surface area contributed by atoms with Crippen LogP contribution in [0.4, 0.5) is 13.6 Å². The Balaban J connectivity index is 1.59. The van der Waals surface area contributed by atoms with E-state index in [9.17, 15) is 19.2 Å². The molecule has 3 aromatic rings. The van der Waals surface area contributed by atoms with Gasteiger partial charge in [0, 0.05) is 29.0 Å².